The van der Waals surface area contributed by atoms with Crippen LogP contribution in [0.2, 0.25) is 0 Å². The zero-order chi connectivity index (χ0) is 16.0. The van der Waals surface area contributed by atoms with Gasteiger partial charge in [0.1, 0.15) is 5.75 Å². The Labute approximate surface area is 132 Å². The lowest BCUT2D eigenvalue weighted by Crippen LogP contribution is -2.25. The molecule has 2 aromatic carbocycles. The molecule has 0 aliphatic carbocycles. The molecule has 6 heteroatoms. The largest absolute Gasteiger partial charge is 0.504 e. The second kappa shape index (κ2) is 5.24. The number of aliphatic hydroxyl groups is 1. The molecule has 2 atom stereocenters. The molecule has 0 saturated heterocycles. The van der Waals surface area contributed by atoms with Crippen molar-refractivity contribution in [3.05, 3.63) is 41.5 Å². The molecule has 6 nitrogen and oxygen atoms in total. The second-order valence-electron chi connectivity index (χ2n) is 5.50. The molecule has 0 radical (unpaired) electrons. The van der Waals surface area contributed by atoms with E-state index in [4.69, 9.17) is 18.9 Å². The van der Waals surface area contributed by atoms with Crippen LogP contribution in [0, 0.1) is 0 Å². The van der Waals surface area contributed by atoms with E-state index in [2.05, 4.69) is 0 Å². The van der Waals surface area contributed by atoms with Gasteiger partial charge < -0.3 is 29.2 Å². The summed E-state index contributed by atoms with van der Waals surface area (Å²) in [7, 11) is 1.50. The number of benzene rings is 2. The van der Waals surface area contributed by atoms with Gasteiger partial charge in [0.05, 0.1) is 7.11 Å². The van der Waals surface area contributed by atoms with Crippen molar-refractivity contribution in [1.29, 1.82) is 0 Å². The summed E-state index contributed by atoms with van der Waals surface area (Å²) in [5, 5.41) is 20.5. The molecular formula is C17H16O6. The maximum atomic E-state index is 10.4. The molecule has 2 N–H and O–H groups in total. The normalized spacial score (nSPS) is 21.5. The Morgan fingerprint density at radius 2 is 1.87 bits per heavy atom. The van der Waals surface area contributed by atoms with Crippen molar-refractivity contribution in [2.24, 2.45) is 0 Å². The molecule has 2 aromatic rings. The monoisotopic (exact) mass is 316 g/mol. The van der Waals surface area contributed by atoms with Crippen molar-refractivity contribution in [3.8, 4) is 28.7 Å². The van der Waals surface area contributed by atoms with Gasteiger partial charge in [0.2, 0.25) is 6.79 Å². The van der Waals surface area contributed by atoms with Crippen LogP contribution in [-0.4, -0.2) is 30.4 Å². The molecular weight excluding hydrogens is 300 g/mol. The third-order valence-corrected chi connectivity index (χ3v) is 4.21. The highest BCUT2D eigenvalue weighted by molar-refractivity contribution is 5.58. The number of hydrogen-bond acceptors (Lipinski definition) is 6. The van der Waals surface area contributed by atoms with Crippen LogP contribution in [0.25, 0.3) is 0 Å². The number of methoxy groups -OCH3 is 1. The number of phenolic OH excluding ortho intramolecular Hbond substituents is 1. The SMILES string of the molecule is COc1cccc(C2CC(O)Oc3cc4c(cc32)OCO4)c1O. The van der Waals surface area contributed by atoms with Crippen LogP contribution >= 0.6 is 0 Å². The Hall–Kier alpha value is -2.60. The summed E-state index contributed by atoms with van der Waals surface area (Å²) in [6, 6.07) is 8.86. The van der Waals surface area contributed by atoms with Crippen molar-refractivity contribution in [2.45, 2.75) is 18.6 Å². The van der Waals surface area contributed by atoms with Crippen LogP contribution in [0.15, 0.2) is 30.3 Å². The lowest BCUT2D eigenvalue weighted by molar-refractivity contribution is -0.0361. The summed E-state index contributed by atoms with van der Waals surface area (Å²) in [6.07, 6.45) is -0.633. The molecule has 23 heavy (non-hydrogen) atoms. The minimum atomic E-state index is -0.960. The van der Waals surface area contributed by atoms with Gasteiger partial charge >= 0.3 is 0 Å². The van der Waals surface area contributed by atoms with E-state index >= 15 is 0 Å². The van der Waals surface area contributed by atoms with E-state index < -0.39 is 6.29 Å². The van der Waals surface area contributed by atoms with Crippen LogP contribution in [0.3, 0.4) is 0 Å². The minimum Gasteiger partial charge on any atom is -0.504 e. The first-order chi connectivity index (χ1) is 11.2. The lowest BCUT2D eigenvalue weighted by atomic mass is 9.85. The van der Waals surface area contributed by atoms with Gasteiger partial charge in [-0.1, -0.05) is 12.1 Å². The van der Waals surface area contributed by atoms with Crippen molar-refractivity contribution in [1.82, 2.24) is 0 Å². The molecule has 0 amide bonds. The van der Waals surface area contributed by atoms with E-state index in [1.165, 1.54) is 7.11 Å². The summed E-state index contributed by atoms with van der Waals surface area (Å²) in [6.45, 7) is 0.163. The molecule has 2 aliphatic heterocycles. The predicted molar refractivity (Wildman–Crippen MR) is 80.3 cm³/mol. The van der Waals surface area contributed by atoms with Crippen LogP contribution in [0.5, 0.6) is 28.7 Å². The highest BCUT2D eigenvalue weighted by Gasteiger charge is 2.33. The minimum absolute atomic E-state index is 0.0673. The molecule has 0 aromatic heterocycles. The first-order valence-electron chi connectivity index (χ1n) is 7.31. The average molecular weight is 316 g/mol. The van der Waals surface area contributed by atoms with Crippen molar-refractivity contribution >= 4 is 0 Å². The van der Waals surface area contributed by atoms with Gasteiger partial charge in [-0.05, 0) is 12.1 Å². The van der Waals surface area contributed by atoms with Gasteiger partial charge in [-0.15, -0.1) is 0 Å². The number of para-hydroxylation sites is 1. The molecule has 2 aliphatic rings. The van der Waals surface area contributed by atoms with E-state index in [9.17, 15) is 10.2 Å². The Kier molecular flexibility index (Phi) is 3.20. The number of phenols is 1. The first kappa shape index (κ1) is 14.0. The van der Waals surface area contributed by atoms with Gasteiger partial charge in [-0.3, -0.25) is 0 Å². The molecule has 0 fully saturated rings. The standard InChI is InChI=1S/C17H16O6/c1-20-12-4-2-3-9(17(12)19)10-6-16(18)23-13-7-15-14(5-11(10)13)21-8-22-15/h2-5,7,10,16,18-19H,6,8H2,1H3. The Balaban J connectivity index is 1.85. The number of aromatic hydroxyl groups is 1. The maximum Gasteiger partial charge on any atom is 0.231 e. The van der Waals surface area contributed by atoms with Gasteiger partial charge in [-0.2, -0.15) is 0 Å². The third-order valence-electron chi connectivity index (χ3n) is 4.21. The van der Waals surface area contributed by atoms with Crippen LogP contribution in [0.4, 0.5) is 0 Å². The molecule has 120 valence electrons. The second-order valence-corrected chi connectivity index (χ2v) is 5.50. The zero-order valence-electron chi connectivity index (χ0n) is 12.5. The van der Waals surface area contributed by atoms with Gasteiger partial charge in [-0.25, -0.2) is 0 Å². The van der Waals surface area contributed by atoms with Crippen LogP contribution in [0.1, 0.15) is 23.5 Å². The molecule has 2 heterocycles. The molecule has 0 spiro atoms. The molecule has 2 unspecified atom stereocenters. The number of aliphatic hydroxyl groups excluding tert-OH is 1. The lowest BCUT2D eigenvalue weighted by Gasteiger charge is -2.30. The van der Waals surface area contributed by atoms with E-state index in [0.717, 1.165) is 5.56 Å². The Morgan fingerprint density at radius 1 is 1.09 bits per heavy atom. The fraction of sp³-hybridized carbons (Fsp3) is 0.294. The number of ether oxygens (including phenoxy) is 4. The van der Waals surface area contributed by atoms with E-state index in [-0.39, 0.29) is 18.5 Å². The topological polar surface area (TPSA) is 77.4 Å². The van der Waals surface area contributed by atoms with Crippen LogP contribution < -0.4 is 18.9 Å². The van der Waals surface area contributed by atoms with Crippen molar-refractivity contribution < 1.29 is 29.2 Å². The zero-order valence-corrected chi connectivity index (χ0v) is 12.5. The van der Waals surface area contributed by atoms with Gasteiger partial charge in [0.25, 0.3) is 0 Å². The highest BCUT2D eigenvalue weighted by Crippen LogP contribution is 2.49. The average Bonchev–Trinajstić information content (AvgIpc) is 2.99. The van der Waals surface area contributed by atoms with Crippen molar-refractivity contribution in [2.75, 3.05) is 13.9 Å². The van der Waals surface area contributed by atoms with E-state index in [1.54, 1.807) is 12.1 Å². The van der Waals surface area contributed by atoms with E-state index in [1.807, 2.05) is 18.2 Å². The fourth-order valence-electron chi connectivity index (χ4n) is 3.12. The predicted octanol–water partition coefficient (Wildman–Crippen LogP) is 2.36. The summed E-state index contributed by atoms with van der Waals surface area (Å²) >= 11 is 0. The summed E-state index contributed by atoms with van der Waals surface area (Å²) in [4.78, 5) is 0. The first-order valence-corrected chi connectivity index (χ1v) is 7.31. The Morgan fingerprint density at radius 3 is 2.65 bits per heavy atom. The number of hydrogen-bond donors (Lipinski definition) is 2. The fourth-order valence-corrected chi connectivity index (χ4v) is 3.12. The Bertz CT molecular complexity index is 757. The van der Waals surface area contributed by atoms with E-state index in [0.29, 0.717) is 35.0 Å². The number of fused-ring (bicyclic) bond motifs is 2. The summed E-state index contributed by atoms with van der Waals surface area (Å²) in [5.74, 6) is 1.98. The van der Waals surface area contributed by atoms with Crippen molar-refractivity contribution in [3.63, 3.8) is 0 Å². The van der Waals surface area contributed by atoms with Crippen LogP contribution in [-0.2, 0) is 0 Å². The molecule has 0 bridgehead atoms. The molecule has 0 saturated carbocycles. The highest BCUT2D eigenvalue weighted by atomic mass is 16.7. The quantitative estimate of drug-likeness (QED) is 0.886. The summed E-state index contributed by atoms with van der Waals surface area (Å²) < 4.78 is 21.5. The smallest absolute Gasteiger partial charge is 0.231 e. The van der Waals surface area contributed by atoms with Gasteiger partial charge in [0.15, 0.2) is 29.3 Å². The maximum absolute atomic E-state index is 10.4. The van der Waals surface area contributed by atoms with Gasteiger partial charge in [0, 0.05) is 29.5 Å². The third kappa shape index (κ3) is 2.22. The summed E-state index contributed by atoms with van der Waals surface area (Å²) in [5.41, 5.74) is 1.51. The number of rotatable bonds is 2. The molecule has 4 rings (SSSR count).